The first kappa shape index (κ1) is 24.7. The minimum absolute atomic E-state index is 0.170. The number of rotatable bonds is 2. The molecule has 0 radical (unpaired) electrons. The maximum absolute atomic E-state index is 14.7. The molecule has 9 heteroatoms. The number of hydrogen-bond donors (Lipinski definition) is 1. The number of cyclic esters (lactones) is 1. The summed E-state index contributed by atoms with van der Waals surface area (Å²) in [5.41, 5.74) is 5.84. The fourth-order valence-electron chi connectivity index (χ4n) is 6.25. The highest BCUT2D eigenvalue weighted by Crippen LogP contribution is 2.42. The van der Waals surface area contributed by atoms with Gasteiger partial charge in [0, 0.05) is 22.6 Å². The number of aryl methyl sites for hydroxylation is 2. The molecule has 0 amide bonds. The summed E-state index contributed by atoms with van der Waals surface area (Å²) in [5, 5.41) is 4.06. The van der Waals surface area contributed by atoms with Crippen molar-refractivity contribution in [3.63, 3.8) is 0 Å². The van der Waals surface area contributed by atoms with Crippen LogP contribution in [0.5, 0.6) is 0 Å². The molecule has 2 atom stereocenters. The van der Waals surface area contributed by atoms with Crippen LogP contribution < -0.4 is 10.9 Å². The Kier molecular flexibility index (Phi) is 6.06. The lowest BCUT2D eigenvalue weighted by Gasteiger charge is -2.26. The van der Waals surface area contributed by atoms with E-state index in [-0.39, 0.29) is 18.0 Å². The van der Waals surface area contributed by atoms with E-state index in [4.69, 9.17) is 14.5 Å². The van der Waals surface area contributed by atoms with E-state index in [1.54, 1.807) is 17.6 Å². The van der Waals surface area contributed by atoms with Crippen LogP contribution >= 0.6 is 0 Å². The second kappa shape index (κ2) is 9.31. The van der Waals surface area contributed by atoms with Crippen LogP contribution in [0.4, 0.5) is 4.39 Å². The average Bonchev–Trinajstić information content (AvgIpc) is 3.59. The molecule has 0 spiro atoms. The van der Waals surface area contributed by atoms with Crippen molar-refractivity contribution < 1.29 is 23.5 Å². The largest absolute Gasteiger partial charge is 0.458 e. The van der Waals surface area contributed by atoms with E-state index in [1.165, 1.54) is 6.07 Å². The molecule has 1 saturated heterocycles. The predicted octanol–water partition coefficient (Wildman–Crippen LogP) is 3.78. The molecule has 38 heavy (non-hydrogen) atoms. The van der Waals surface area contributed by atoms with Gasteiger partial charge in [-0.3, -0.25) is 9.59 Å². The SMILES string of the molecule is CC.Cc1c(F)cc2nc3c(c4c2c1CCC4)Cn1c-3cc2c(c1=O)COC(=O)C2OC(=O)C1CCCN1. The molecule has 1 fully saturated rings. The molecule has 1 aromatic carbocycles. The molecule has 3 aliphatic heterocycles. The van der Waals surface area contributed by atoms with Gasteiger partial charge in [-0.25, -0.2) is 14.2 Å². The first-order chi connectivity index (χ1) is 18.4. The second-order valence-electron chi connectivity index (χ2n) is 10.1. The molecule has 8 nitrogen and oxygen atoms in total. The van der Waals surface area contributed by atoms with Crippen molar-refractivity contribution in [2.45, 2.75) is 78.2 Å². The molecule has 1 N–H and O–H groups in total. The Balaban J connectivity index is 0.00000129. The molecule has 3 aromatic rings. The van der Waals surface area contributed by atoms with Gasteiger partial charge in [-0.15, -0.1) is 0 Å². The van der Waals surface area contributed by atoms with Crippen molar-refractivity contribution >= 4 is 22.8 Å². The van der Waals surface area contributed by atoms with E-state index in [9.17, 15) is 18.8 Å². The highest BCUT2D eigenvalue weighted by molar-refractivity contribution is 5.92. The van der Waals surface area contributed by atoms with Crippen molar-refractivity contribution in [1.82, 2.24) is 14.9 Å². The first-order valence-electron chi connectivity index (χ1n) is 13.4. The predicted molar refractivity (Wildman–Crippen MR) is 138 cm³/mol. The van der Waals surface area contributed by atoms with Gasteiger partial charge < -0.3 is 19.4 Å². The summed E-state index contributed by atoms with van der Waals surface area (Å²) >= 11 is 0. The summed E-state index contributed by atoms with van der Waals surface area (Å²) in [6.07, 6.45) is 2.71. The lowest BCUT2D eigenvalue weighted by atomic mass is 9.85. The minimum Gasteiger partial charge on any atom is -0.458 e. The Morgan fingerprint density at radius 2 is 1.92 bits per heavy atom. The Bertz CT molecular complexity index is 1570. The molecule has 2 unspecified atom stereocenters. The Morgan fingerprint density at radius 1 is 1.13 bits per heavy atom. The maximum Gasteiger partial charge on any atom is 0.352 e. The van der Waals surface area contributed by atoms with E-state index in [0.29, 0.717) is 53.1 Å². The smallest absolute Gasteiger partial charge is 0.352 e. The number of nitrogens with zero attached hydrogens (tertiary/aromatic N) is 2. The number of nitrogens with one attached hydrogen (secondary N) is 1. The lowest BCUT2D eigenvalue weighted by Crippen LogP contribution is -2.38. The first-order valence-corrected chi connectivity index (χ1v) is 13.4. The van der Waals surface area contributed by atoms with Gasteiger partial charge in [0.15, 0.2) is 0 Å². The maximum atomic E-state index is 14.7. The van der Waals surface area contributed by atoms with Gasteiger partial charge in [0.2, 0.25) is 6.10 Å². The number of esters is 2. The van der Waals surface area contributed by atoms with Crippen LogP contribution in [-0.4, -0.2) is 34.1 Å². The number of ether oxygens (including phenoxy) is 2. The van der Waals surface area contributed by atoms with Gasteiger partial charge in [0.25, 0.3) is 5.56 Å². The van der Waals surface area contributed by atoms with E-state index in [2.05, 4.69) is 5.32 Å². The third-order valence-electron chi connectivity index (χ3n) is 8.10. The summed E-state index contributed by atoms with van der Waals surface area (Å²) in [5.74, 6) is -1.51. The minimum atomic E-state index is -1.31. The third kappa shape index (κ3) is 3.59. The number of benzene rings is 1. The molecule has 7 rings (SSSR count). The van der Waals surface area contributed by atoms with Crippen molar-refractivity contribution in [3.05, 3.63) is 61.7 Å². The highest BCUT2D eigenvalue weighted by atomic mass is 19.1. The molecule has 0 saturated carbocycles. The zero-order chi connectivity index (χ0) is 26.7. The normalized spacial score (nSPS) is 20.7. The van der Waals surface area contributed by atoms with Crippen molar-refractivity contribution in [2.24, 2.45) is 0 Å². The zero-order valence-electron chi connectivity index (χ0n) is 21.8. The average molecular weight is 520 g/mol. The molecule has 0 bridgehead atoms. The van der Waals surface area contributed by atoms with Crippen molar-refractivity contribution in [1.29, 1.82) is 0 Å². The van der Waals surface area contributed by atoms with Gasteiger partial charge >= 0.3 is 11.9 Å². The van der Waals surface area contributed by atoms with Crippen LogP contribution in [0, 0.1) is 12.7 Å². The van der Waals surface area contributed by atoms with Crippen LogP contribution in [0.15, 0.2) is 16.9 Å². The van der Waals surface area contributed by atoms with Crippen LogP contribution in [0.25, 0.3) is 22.3 Å². The number of halogens is 1. The monoisotopic (exact) mass is 519 g/mol. The number of aromatic nitrogens is 2. The summed E-state index contributed by atoms with van der Waals surface area (Å²) in [4.78, 5) is 43.8. The molecular weight excluding hydrogens is 489 g/mol. The molecule has 2 aromatic heterocycles. The second-order valence-corrected chi connectivity index (χ2v) is 10.1. The van der Waals surface area contributed by atoms with E-state index < -0.39 is 24.1 Å². The van der Waals surface area contributed by atoms with Gasteiger partial charge in [0.05, 0.1) is 29.0 Å². The zero-order valence-corrected chi connectivity index (χ0v) is 21.8. The number of hydrogen-bond acceptors (Lipinski definition) is 7. The topological polar surface area (TPSA) is 99.5 Å². The molecule has 1 aliphatic carbocycles. The fourth-order valence-corrected chi connectivity index (χ4v) is 6.25. The van der Waals surface area contributed by atoms with Crippen LogP contribution in [0.3, 0.4) is 0 Å². The number of fused-ring (bicyclic) bond motifs is 5. The summed E-state index contributed by atoms with van der Waals surface area (Å²) in [7, 11) is 0. The Morgan fingerprint density at radius 3 is 2.68 bits per heavy atom. The quantitative estimate of drug-likeness (QED) is 0.403. The highest BCUT2D eigenvalue weighted by Gasteiger charge is 2.39. The Labute approximate surface area is 219 Å². The summed E-state index contributed by atoms with van der Waals surface area (Å²) in [6.45, 7) is 6.70. The summed E-state index contributed by atoms with van der Waals surface area (Å²) < 4.78 is 27.2. The van der Waals surface area contributed by atoms with E-state index >= 15 is 0 Å². The van der Waals surface area contributed by atoms with Crippen LogP contribution in [0.1, 0.15) is 72.6 Å². The van der Waals surface area contributed by atoms with Gasteiger partial charge in [-0.1, -0.05) is 13.8 Å². The van der Waals surface area contributed by atoms with E-state index in [1.807, 2.05) is 13.8 Å². The molecule has 5 heterocycles. The van der Waals surface area contributed by atoms with E-state index in [0.717, 1.165) is 47.8 Å². The molecule has 4 aliphatic rings. The standard InChI is InChI=1S/C27H24FN3O5.C2H6/c1-12-13-4-2-5-14-16-10-31-21(23(16)30-20(22(13)14)9-18(12)28)8-15-17(25(31)32)11-35-27(34)24(15)36-26(33)19-6-3-7-29-19;1-2/h8-9,19,24,29H,2-7,10-11H2,1H3;1-2H3. The van der Waals surface area contributed by atoms with Gasteiger partial charge in [-0.2, -0.15) is 0 Å². The number of pyridine rings is 2. The van der Waals surface area contributed by atoms with Crippen molar-refractivity contribution in [2.75, 3.05) is 6.54 Å². The molecule has 198 valence electrons. The summed E-state index contributed by atoms with van der Waals surface area (Å²) in [6, 6.07) is 2.72. The fraction of sp³-hybridized carbons (Fsp3) is 0.448. The van der Waals surface area contributed by atoms with Crippen molar-refractivity contribution in [3.8, 4) is 11.4 Å². The van der Waals surface area contributed by atoms with Crippen LogP contribution in [0.2, 0.25) is 0 Å². The lowest BCUT2D eigenvalue weighted by molar-refractivity contribution is -0.172. The van der Waals surface area contributed by atoms with Gasteiger partial charge in [0.1, 0.15) is 18.5 Å². The van der Waals surface area contributed by atoms with Gasteiger partial charge in [-0.05, 0) is 68.3 Å². The Hall–Kier alpha value is -3.59. The number of carbonyl (C=O) groups is 2. The molecular formula is C29H30FN3O5. The third-order valence-corrected chi connectivity index (χ3v) is 8.10. The van der Waals surface area contributed by atoms with Crippen LogP contribution in [-0.2, 0) is 45.1 Å². The number of carbonyl (C=O) groups excluding carboxylic acids is 2.